The van der Waals surface area contributed by atoms with Crippen LogP contribution < -0.4 is 14.8 Å². The second kappa shape index (κ2) is 10.4. The molecule has 0 bridgehead atoms. The lowest BCUT2D eigenvalue weighted by atomic mass is 10.1. The minimum atomic E-state index is -0.310. The fourth-order valence-electron chi connectivity index (χ4n) is 3.36. The molecule has 0 atom stereocenters. The van der Waals surface area contributed by atoms with Crippen molar-refractivity contribution < 1.29 is 14.3 Å². The summed E-state index contributed by atoms with van der Waals surface area (Å²) in [5.74, 6) is 1.04. The van der Waals surface area contributed by atoms with Gasteiger partial charge in [-0.05, 0) is 53.6 Å². The minimum Gasteiger partial charge on any atom is -0.496 e. The lowest BCUT2D eigenvalue weighted by Crippen LogP contribution is -2.13. The van der Waals surface area contributed by atoms with Gasteiger partial charge in [-0.15, -0.1) is 0 Å². The number of rotatable bonds is 7. The smallest absolute Gasteiger partial charge is 0.255 e. The number of nitrogens with one attached hydrogen (secondary N) is 1. The van der Waals surface area contributed by atoms with Crippen LogP contribution in [0, 0.1) is 0 Å². The Bertz CT molecular complexity index is 1260. The Balaban J connectivity index is 1.48. The molecule has 0 fully saturated rings. The number of carbonyl (C=O) groups is 1. The predicted molar refractivity (Wildman–Crippen MR) is 134 cm³/mol. The molecule has 0 radical (unpaired) electrons. The first-order valence-corrected chi connectivity index (χ1v) is 11.0. The van der Waals surface area contributed by atoms with E-state index in [-0.39, 0.29) is 12.5 Å². The number of anilines is 1. The lowest BCUT2D eigenvalue weighted by Gasteiger charge is -2.13. The molecule has 0 saturated carbocycles. The molecule has 33 heavy (non-hydrogen) atoms. The third-order valence-corrected chi connectivity index (χ3v) is 5.92. The Labute approximate surface area is 202 Å². The van der Waals surface area contributed by atoms with Crippen LogP contribution in [0.3, 0.4) is 0 Å². The average molecular weight is 478 g/mol. The van der Waals surface area contributed by atoms with Crippen LogP contribution in [0.5, 0.6) is 11.5 Å². The zero-order valence-corrected chi connectivity index (χ0v) is 19.4. The van der Waals surface area contributed by atoms with Crippen LogP contribution in [-0.4, -0.2) is 13.0 Å². The molecule has 0 unspecified atom stereocenters. The fraction of sp³-hybridized carbons (Fsp3) is 0.0741. The van der Waals surface area contributed by atoms with E-state index >= 15 is 0 Å². The molecule has 4 aromatic rings. The summed E-state index contributed by atoms with van der Waals surface area (Å²) >= 11 is 12.2. The van der Waals surface area contributed by atoms with E-state index in [0.29, 0.717) is 27.0 Å². The molecule has 4 aromatic carbocycles. The molecule has 0 spiro atoms. The van der Waals surface area contributed by atoms with Gasteiger partial charge in [0.15, 0.2) is 0 Å². The van der Waals surface area contributed by atoms with Gasteiger partial charge < -0.3 is 14.8 Å². The maximum absolute atomic E-state index is 12.8. The highest BCUT2D eigenvalue weighted by Gasteiger charge is 2.13. The summed E-state index contributed by atoms with van der Waals surface area (Å²) in [7, 11) is 1.58. The number of hydrogen-bond acceptors (Lipinski definition) is 3. The van der Waals surface area contributed by atoms with Gasteiger partial charge in [0.2, 0.25) is 0 Å². The monoisotopic (exact) mass is 477 g/mol. The third kappa shape index (κ3) is 5.48. The Hall–Kier alpha value is -3.47. The van der Waals surface area contributed by atoms with Crippen molar-refractivity contribution in [1.29, 1.82) is 0 Å². The van der Waals surface area contributed by atoms with E-state index in [0.717, 1.165) is 22.4 Å². The van der Waals surface area contributed by atoms with Gasteiger partial charge >= 0.3 is 0 Å². The van der Waals surface area contributed by atoms with E-state index in [4.69, 9.17) is 32.7 Å². The SMILES string of the molecule is COc1ccc(C(=O)Nc2cccc(Cl)c2Cl)cc1COc1ccc(-c2ccccc2)cc1. The number of carbonyl (C=O) groups excluding carboxylic acids is 1. The molecule has 0 aliphatic carbocycles. The largest absolute Gasteiger partial charge is 0.496 e. The summed E-state index contributed by atoms with van der Waals surface area (Å²) < 4.78 is 11.4. The fourth-order valence-corrected chi connectivity index (χ4v) is 3.71. The van der Waals surface area contributed by atoms with Gasteiger partial charge in [-0.1, -0.05) is 71.7 Å². The van der Waals surface area contributed by atoms with Crippen LogP contribution >= 0.6 is 23.2 Å². The number of hydrogen-bond donors (Lipinski definition) is 1. The molecule has 0 heterocycles. The molecule has 0 aliphatic rings. The van der Waals surface area contributed by atoms with Crippen molar-refractivity contribution in [1.82, 2.24) is 0 Å². The highest BCUT2D eigenvalue weighted by molar-refractivity contribution is 6.44. The van der Waals surface area contributed by atoms with E-state index in [1.165, 1.54) is 0 Å². The summed E-state index contributed by atoms with van der Waals surface area (Å²) in [5, 5.41) is 3.46. The van der Waals surface area contributed by atoms with Gasteiger partial charge in [-0.2, -0.15) is 0 Å². The van der Waals surface area contributed by atoms with Gasteiger partial charge in [0.1, 0.15) is 18.1 Å². The van der Waals surface area contributed by atoms with E-state index in [1.807, 2.05) is 42.5 Å². The van der Waals surface area contributed by atoms with E-state index < -0.39 is 0 Å². The van der Waals surface area contributed by atoms with Crippen LogP contribution in [0.15, 0.2) is 91.0 Å². The first-order valence-electron chi connectivity index (χ1n) is 10.3. The Morgan fingerprint density at radius 3 is 2.30 bits per heavy atom. The Morgan fingerprint density at radius 2 is 1.58 bits per heavy atom. The quantitative estimate of drug-likeness (QED) is 0.299. The van der Waals surface area contributed by atoms with Crippen LogP contribution in [0.2, 0.25) is 10.0 Å². The van der Waals surface area contributed by atoms with Crippen molar-refractivity contribution >= 4 is 34.8 Å². The summed E-state index contributed by atoms with van der Waals surface area (Å²) in [6.07, 6.45) is 0. The molecule has 6 heteroatoms. The van der Waals surface area contributed by atoms with E-state index in [9.17, 15) is 4.79 Å². The maximum atomic E-state index is 12.8. The highest BCUT2D eigenvalue weighted by Crippen LogP contribution is 2.30. The van der Waals surface area contributed by atoms with Crippen molar-refractivity contribution in [3.05, 3.63) is 112 Å². The van der Waals surface area contributed by atoms with Crippen LogP contribution in [0.1, 0.15) is 15.9 Å². The Morgan fingerprint density at radius 1 is 0.848 bits per heavy atom. The third-order valence-electron chi connectivity index (χ3n) is 5.10. The van der Waals surface area contributed by atoms with Gasteiger partial charge in [0, 0.05) is 11.1 Å². The number of halogens is 2. The van der Waals surface area contributed by atoms with Gasteiger partial charge in [-0.3, -0.25) is 4.79 Å². The highest BCUT2D eigenvalue weighted by atomic mass is 35.5. The summed E-state index contributed by atoms with van der Waals surface area (Å²) in [5.41, 5.74) is 3.89. The first-order chi connectivity index (χ1) is 16.0. The van der Waals surface area contributed by atoms with Crippen molar-refractivity contribution in [2.75, 3.05) is 12.4 Å². The number of benzene rings is 4. The maximum Gasteiger partial charge on any atom is 0.255 e. The van der Waals surface area contributed by atoms with Crippen LogP contribution in [0.4, 0.5) is 5.69 Å². The molecule has 0 aromatic heterocycles. The van der Waals surface area contributed by atoms with Crippen molar-refractivity contribution in [3.8, 4) is 22.6 Å². The van der Waals surface area contributed by atoms with Crippen molar-refractivity contribution in [3.63, 3.8) is 0 Å². The molecular weight excluding hydrogens is 457 g/mol. The second-order valence-corrected chi connectivity index (χ2v) is 8.05. The normalized spacial score (nSPS) is 10.5. The number of ether oxygens (including phenoxy) is 2. The zero-order valence-electron chi connectivity index (χ0n) is 17.8. The molecule has 1 amide bonds. The second-order valence-electron chi connectivity index (χ2n) is 7.26. The predicted octanol–water partition coefficient (Wildman–Crippen LogP) is 7.50. The first kappa shape index (κ1) is 22.7. The number of amides is 1. The topological polar surface area (TPSA) is 47.6 Å². The average Bonchev–Trinajstić information content (AvgIpc) is 2.86. The van der Waals surface area contributed by atoms with Crippen LogP contribution in [-0.2, 0) is 6.61 Å². The molecule has 4 rings (SSSR count). The molecule has 4 nitrogen and oxygen atoms in total. The molecular formula is C27H21Cl2NO3. The van der Waals surface area contributed by atoms with Gasteiger partial charge in [0.25, 0.3) is 5.91 Å². The molecule has 1 N–H and O–H groups in total. The summed E-state index contributed by atoms with van der Waals surface area (Å²) in [6.45, 7) is 0.243. The standard InChI is InChI=1S/C27H21Cl2NO3/c1-32-25-15-12-20(27(31)30-24-9-5-8-23(28)26(24)29)16-21(25)17-33-22-13-10-19(11-14-22)18-6-3-2-4-7-18/h2-16H,17H2,1H3,(H,30,31). The van der Waals surface area contributed by atoms with Gasteiger partial charge in [-0.25, -0.2) is 0 Å². The van der Waals surface area contributed by atoms with E-state index in [1.54, 1.807) is 43.5 Å². The van der Waals surface area contributed by atoms with Crippen molar-refractivity contribution in [2.45, 2.75) is 6.61 Å². The summed E-state index contributed by atoms with van der Waals surface area (Å²) in [4.78, 5) is 12.8. The van der Waals surface area contributed by atoms with Crippen LogP contribution in [0.25, 0.3) is 11.1 Å². The molecule has 0 aliphatic heterocycles. The van der Waals surface area contributed by atoms with E-state index in [2.05, 4.69) is 17.4 Å². The summed E-state index contributed by atoms with van der Waals surface area (Å²) in [6, 6.07) is 28.3. The van der Waals surface area contributed by atoms with Crippen molar-refractivity contribution in [2.24, 2.45) is 0 Å². The lowest BCUT2D eigenvalue weighted by molar-refractivity contribution is 0.102. The molecule has 0 saturated heterocycles. The molecule has 166 valence electrons. The Kier molecular flexibility index (Phi) is 7.18. The zero-order chi connectivity index (χ0) is 23.2. The number of methoxy groups -OCH3 is 1. The minimum absolute atomic E-state index is 0.243. The van der Waals surface area contributed by atoms with Gasteiger partial charge in [0.05, 0.1) is 22.8 Å².